The van der Waals surface area contributed by atoms with E-state index in [4.69, 9.17) is 9.47 Å². The zero-order chi connectivity index (χ0) is 13.8. The van der Waals surface area contributed by atoms with Gasteiger partial charge in [-0.3, -0.25) is 4.98 Å². The van der Waals surface area contributed by atoms with Crippen molar-refractivity contribution in [3.05, 3.63) is 23.0 Å². The average Bonchev–Trinajstić information content (AvgIpc) is 2.34. The van der Waals surface area contributed by atoms with Gasteiger partial charge in [-0.05, 0) is 33.6 Å². The van der Waals surface area contributed by atoms with Crippen LogP contribution in [0.3, 0.4) is 0 Å². The van der Waals surface area contributed by atoms with E-state index in [1.54, 1.807) is 7.11 Å². The Labute approximate surface area is 115 Å². The number of nitrogens with zero attached hydrogens (tertiary/aromatic N) is 1. The lowest BCUT2D eigenvalue weighted by molar-refractivity contribution is -0.0103. The Bertz CT molecular complexity index is 428. The van der Waals surface area contributed by atoms with Crippen molar-refractivity contribution in [1.82, 2.24) is 10.3 Å². The van der Waals surface area contributed by atoms with Gasteiger partial charge in [0.1, 0.15) is 5.75 Å². The number of aromatic nitrogens is 1. The molecule has 0 atom stereocenters. The maximum atomic E-state index is 5.56. The maximum Gasteiger partial charge on any atom is 0.128 e. The molecule has 0 bridgehead atoms. The number of aryl methyl sites for hydroxylation is 1. The number of nitrogens with one attached hydrogen (secondary N) is 1. The van der Waals surface area contributed by atoms with Crippen LogP contribution >= 0.6 is 0 Å². The lowest BCUT2D eigenvalue weighted by Gasteiger charge is -2.35. The summed E-state index contributed by atoms with van der Waals surface area (Å²) < 4.78 is 11.0. The maximum absolute atomic E-state index is 5.56. The molecule has 0 amide bonds. The van der Waals surface area contributed by atoms with Gasteiger partial charge in [-0.25, -0.2) is 0 Å². The SMILES string of the molecule is CCOC1CC(NCc2ncc(C)c(OC)c2C)C1. The number of methoxy groups -OCH3 is 1. The quantitative estimate of drug-likeness (QED) is 0.856. The summed E-state index contributed by atoms with van der Waals surface area (Å²) in [5.74, 6) is 0.951. The van der Waals surface area contributed by atoms with Gasteiger partial charge >= 0.3 is 0 Å². The standard InChI is InChI=1S/C15H24N2O2/c1-5-19-13-6-12(7-13)16-9-14-11(3)15(18-4)10(2)8-17-14/h8,12-13,16H,5-7,9H2,1-4H3. The van der Waals surface area contributed by atoms with Gasteiger partial charge in [-0.15, -0.1) is 0 Å². The Balaban J connectivity index is 1.87. The van der Waals surface area contributed by atoms with Crippen molar-refractivity contribution in [3.63, 3.8) is 0 Å². The van der Waals surface area contributed by atoms with Crippen molar-refractivity contribution in [1.29, 1.82) is 0 Å². The number of rotatable bonds is 6. The van der Waals surface area contributed by atoms with Crippen LogP contribution in [0.15, 0.2) is 6.20 Å². The second kappa shape index (κ2) is 6.35. The number of ether oxygens (including phenoxy) is 2. The van der Waals surface area contributed by atoms with E-state index in [9.17, 15) is 0 Å². The Morgan fingerprint density at radius 2 is 2.11 bits per heavy atom. The fourth-order valence-electron chi connectivity index (χ4n) is 2.59. The number of pyridine rings is 1. The van der Waals surface area contributed by atoms with E-state index in [-0.39, 0.29) is 0 Å². The summed E-state index contributed by atoms with van der Waals surface area (Å²) in [5, 5.41) is 3.54. The van der Waals surface area contributed by atoms with E-state index in [0.717, 1.165) is 48.6 Å². The van der Waals surface area contributed by atoms with Gasteiger partial charge in [0.05, 0.1) is 18.9 Å². The van der Waals surface area contributed by atoms with Crippen LogP contribution in [0.5, 0.6) is 5.75 Å². The van der Waals surface area contributed by atoms with Gasteiger partial charge in [0.2, 0.25) is 0 Å². The van der Waals surface area contributed by atoms with Crippen LogP contribution in [0.1, 0.15) is 36.6 Å². The third kappa shape index (κ3) is 3.25. The topological polar surface area (TPSA) is 43.4 Å². The molecule has 0 aliphatic heterocycles. The van der Waals surface area contributed by atoms with Gasteiger partial charge in [0, 0.05) is 36.5 Å². The molecule has 0 radical (unpaired) electrons. The largest absolute Gasteiger partial charge is 0.496 e. The molecule has 1 aromatic heterocycles. The molecule has 1 N–H and O–H groups in total. The summed E-state index contributed by atoms with van der Waals surface area (Å²) in [6, 6.07) is 0.560. The van der Waals surface area contributed by atoms with Gasteiger partial charge in [0.25, 0.3) is 0 Å². The summed E-state index contributed by atoms with van der Waals surface area (Å²) in [6.07, 6.45) is 4.54. The van der Waals surface area contributed by atoms with E-state index >= 15 is 0 Å². The molecule has 1 heterocycles. The van der Waals surface area contributed by atoms with Gasteiger partial charge in [-0.2, -0.15) is 0 Å². The molecule has 1 saturated carbocycles. The monoisotopic (exact) mass is 264 g/mol. The van der Waals surface area contributed by atoms with Crippen molar-refractivity contribution in [2.45, 2.75) is 52.3 Å². The third-order valence-electron chi connectivity index (χ3n) is 3.81. The van der Waals surface area contributed by atoms with Crippen LogP contribution < -0.4 is 10.1 Å². The molecule has 2 rings (SSSR count). The molecule has 0 saturated heterocycles. The molecule has 19 heavy (non-hydrogen) atoms. The highest BCUT2D eigenvalue weighted by Crippen LogP contribution is 2.26. The molecule has 1 fully saturated rings. The summed E-state index contributed by atoms with van der Waals surface area (Å²) in [5.41, 5.74) is 3.29. The van der Waals surface area contributed by atoms with Gasteiger partial charge in [0.15, 0.2) is 0 Å². The molecule has 1 aliphatic rings. The van der Waals surface area contributed by atoms with Crippen LogP contribution in [0.25, 0.3) is 0 Å². The Morgan fingerprint density at radius 3 is 2.74 bits per heavy atom. The molecule has 4 heteroatoms. The highest BCUT2D eigenvalue weighted by atomic mass is 16.5. The van der Waals surface area contributed by atoms with Crippen LogP contribution in [-0.2, 0) is 11.3 Å². The summed E-state index contributed by atoms with van der Waals surface area (Å²) in [6.45, 7) is 7.75. The number of hydrogen-bond donors (Lipinski definition) is 1. The zero-order valence-corrected chi connectivity index (χ0v) is 12.3. The molecule has 0 spiro atoms. The van der Waals surface area contributed by atoms with E-state index in [1.165, 1.54) is 0 Å². The van der Waals surface area contributed by atoms with Crippen molar-refractivity contribution >= 4 is 0 Å². The van der Waals surface area contributed by atoms with Gasteiger partial charge < -0.3 is 14.8 Å². The lowest BCUT2D eigenvalue weighted by Crippen LogP contribution is -2.45. The first-order chi connectivity index (χ1) is 9.15. The molecular formula is C15H24N2O2. The fraction of sp³-hybridized carbons (Fsp3) is 0.667. The fourth-order valence-corrected chi connectivity index (χ4v) is 2.59. The van der Waals surface area contributed by atoms with E-state index in [1.807, 2.05) is 20.0 Å². The molecule has 4 nitrogen and oxygen atoms in total. The van der Waals surface area contributed by atoms with Gasteiger partial charge in [-0.1, -0.05) is 0 Å². The Hall–Kier alpha value is -1.13. The minimum absolute atomic E-state index is 0.448. The van der Waals surface area contributed by atoms with Crippen LogP contribution in [-0.4, -0.2) is 30.8 Å². The first-order valence-electron chi connectivity index (χ1n) is 6.99. The first-order valence-corrected chi connectivity index (χ1v) is 6.99. The summed E-state index contributed by atoms with van der Waals surface area (Å²) in [4.78, 5) is 4.50. The van der Waals surface area contributed by atoms with Crippen LogP contribution in [0.2, 0.25) is 0 Å². The smallest absolute Gasteiger partial charge is 0.128 e. The summed E-state index contributed by atoms with van der Waals surface area (Å²) >= 11 is 0. The molecular weight excluding hydrogens is 240 g/mol. The normalized spacial score (nSPS) is 22.1. The van der Waals surface area contributed by atoms with Crippen molar-refractivity contribution in [2.24, 2.45) is 0 Å². The molecule has 0 unspecified atom stereocenters. The van der Waals surface area contributed by atoms with E-state index < -0.39 is 0 Å². The molecule has 1 aromatic rings. The third-order valence-corrected chi connectivity index (χ3v) is 3.81. The van der Waals surface area contributed by atoms with E-state index in [2.05, 4.69) is 17.2 Å². The minimum Gasteiger partial charge on any atom is -0.496 e. The molecule has 1 aliphatic carbocycles. The van der Waals surface area contributed by atoms with E-state index in [0.29, 0.717) is 12.1 Å². The zero-order valence-electron chi connectivity index (χ0n) is 12.3. The highest BCUT2D eigenvalue weighted by Gasteiger charge is 2.29. The lowest BCUT2D eigenvalue weighted by atomic mass is 9.89. The van der Waals surface area contributed by atoms with Crippen LogP contribution in [0.4, 0.5) is 0 Å². The average molecular weight is 264 g/mol. The highest BCUT2D eigenvalue weighted by molar-refractivity contribution is 5.41. The van der Waals surface area contributed by atoms with Crippen molar-refractivity contribution in [2.75, 3.05) is 13.7 Å². The number of hydrogen-bond acceptors (Lipinski definition) is 4. The van der Waals surface area contributed by atoms with Crippen molar-refractivity contribution < 1.29 is 9.47 Å². The van der Waals surface area contributed by atoms with Crippen LogP contribution in [0, 0.1) is 13.8 Å². The summed E-state index contributed by atoms with van der Waals surface area (Å²) in [7, 11) is 1.71. The molecule has 106 valence electrons. The first kappa shape index (κ1) is 14.3. The second-order valence-electron chi connectivity index (χ2n) is 5.17. The Morgan fingerprint density at radius 1 is 1.37 bits per heavy atom. The molecule has 0 aromatic carbocycles. The predicted octanol–water partition coefficient (Wildman–Crippen LogP) is 2.36. The predicted molar refractivity (Wildman–Crippen MR) is 75.5 cm³/mol. The second-order valence-corrected chi connectivity index (χ2v) is 5.17. The van der Waals surface area contributed by atoms with Crippen molar-refractivity contribution in [3.8, 4) is 5.75 Å². The Kier molecular flexibility index (Phi) is 4.77. The minimum atomic E-state index is 0.448.